The van der Waals surface area contributed by atoms with Gasteiger partial charge in [0.2, 0.25) is 0 Å². The topological polar surface area (TPSA) is 41.5 Å². The number of hydrogen-bond acceptors (Lipinski definition) is 3. The second-order valence-corrected chi connectivity index (χ2v) is 6.38. The molecule has 6 heteroatoms. The van der Waals surface area contributed by atoms with Crippen molar-refractivity contribution in [1.29, 1.82) is 0 Å². The fourth-order valence-electron chi connectivity index (χ4n) is 1.40. The van der Waals surface area contributed by atoms with Crippen molar-refractivity contribution < 1.29 is 9.84 Å². The first-order valence-electron chi connectivity index (χ1n) is 6.06. The molecule has 1 aromatic rings. The number of hydrogen-bond donors (Lipinski definition) is 2. The Morgan fingerprint density at radius 3 is 2.58 bits per heavy atom. The van der Waals surface area contributed by atoms with Crippen molar-refractivity contribution in [3.8, 4) is 5.75 Å². The highest BCUT2D eigenvalue weighted by Gasteiger charge is 2.10. The lowest BCUT2D eigenvalue weighted by atomic mass is 10.2. The quantitative estimate of drug-likeness (QED) is 0.718. The van der Waals surface area contributed by atoms with Crippen LogP contribution < -0.4 is 10.1 Å². The molecule has 19 heavy (non-hydrogen) atoms. The molecular formula is C13H18BrCl2NO2. The molecule has 0 aliphatic heterocycles. The molecule has 0 saturated carbocycles. The van der Waals surface area contributed by atoms with Crippen molar-refractivity contribution in [2.24, 2.45) is 5.92 Å². The maximum absolute atomic E-state index is 9.77. The summed E-state index contributed by atoms with van der Waals surface area (Å²) in [4.78, 5) is 0. The van der Waals surface area contributed by atoms with Gasteiger partial charge in [0.1, 0.15) is 18.5 Å². The van der Waals surface area contributed by atoms with Crippen LogP contribution in [0.25, 0.3) is 0 Å². The molecule has 108 valence electrons. The molecule has 0 radical (unpaired) electrons. The van der Waals surface area contributed by atoms with Gasteiger partial charge in [0.25, 0.3) is 0 Å². The number of aliphatic hydroxyl groups is 1. The molecule has 1 unspecified atom stereocenters. The Morgan fingerprint density at radius 1 is 1.26 bits per heavy atom. The normalized spacial score (nSPS) is 12.8. The van der Waals surface area contributed by atoms with E-state index >= 15 is 0 Å². The zero-order valence-corrected chi connectivity index (χ0v) is 14.0. The molecule has 2 N–H and O–H groups in total. The van der Waals surface area contributed by atoms with Gasteiger partial charge in [0, 0.05) is 17.1 Å². The Kier molecular flexibility index (Phi) is 7.47. The summed E-state index contributed by atoms with van der Waals surface area (Å²) < 4.78 is 6.18. The van der Waals surface area contributed by atoms with Crippen molar-refractivity contribution in [3.63, 3.8) is 0 Å². The van der Waals surface area contributed by atoms with Crippen LogP contribution in [-0.2, 0) is 0 Å². The van der Waals surface area contributed by atoms with Gasteiger partial charge in [-0.3, -0.25) is 0 Å². The average Bonchev–Trinajstić information content (AvgIpc) is 2.31. The van der Waals surface area contributed by atoms with Gasteiger partial charge >= 0.3 is 0 Å². The smallest absolute Gasteiger partial charge is 0.139 e. The summed E-state index contributed by atoms with van der Waals surface area (Å²) in [6.45, 7) is 5.74. The molecule has 0 aliphatic carbocycles. The lowest BCUT2D eigenvalue weighted by molar-refractivity contribution is 0.106. The number of benzene rings is 1. The Bertz CT molecular complexity index is 416. The fourth-order valence-corrected chi connectivity index (χ4v) is 2.25. The van der Waals surface area contributed by atoms with E-state index in [1.165, 1.54) is 0 Å². The minimum atomic E-state index is -0.586. The molecule has 0 aromatic heterocycles. The van der Waals surface area contributed by atoms with Crippen LogP contribution >= 0.6 is 39.1 Å². The highest BCUT2D eigenvalue weighted by molar-refractivity contribution is 9.10. The van der Waals surface area contributed by atoms with Crippen LogP contribution in [0.3, 0.4) is 0 Å². The van der Waals surface area contributed by atoms with Gasteiger partial charge in [-0.25, -0.2) is 0 Å². The summed E-state index contributed by atoms with van der Waals surface area (Å²) in [5.41, 5.74) is 0. The van der Waals surface area contributed by atoms with E-state index in [4.69, 9.17) is 27.9 Å². The zero-order chi connectivity index (χ0) is 14.4. The Morgan fingerprint density at radius 2 is 1.95 bits per heavy atom. The molecule has 3 nitrogen and oxygen atoms in total. The third-order valence-electron chi connectivity index (χ3n) is 2.34. The molecule has 1 rings (SSSR count). The van der Waals surface area contributed by atoms with E-state index in [0.717, 1.165) is 6.54 Å². The number of aliphatic hydroxyl groups excluding tert-OH is 1. The molecule has 1 atom stereocenters. The lowest BCUT2D eigenvalue weighted by Crippen LogP contribution is -2.33. The van der Waals surface area contributed by atoms with Crippen molar-refractivity contribution in [2.45, 2.75) is 20.0 Å². The maximum atomic E-state index is 9.77. The molecule has 0 amide bonds. The molecule has 0 aliphatic rings. The van der Waals surface area contributed by atoms with Crippen LogP contribution in [0.15, 0.2) is 16.6 Å². The van der Waals surface area contributed by atoms with E-state index in [1.54, 1.807) is 12.1 Å². The average molecular weight is 371 g/mol. The summed E-state index contributed by atoms with van der Waals surface area (Å²) in [5.74, 6) is 1.02. The van der Waals surface area contributed by atoms with Gasteiger partial charge in [-0.05, 0) is 34.5 Å². The summed E-state index contributed by atoms with van der Waals surface area (Å²) in [7, 11) is 0. The van der Waals surface area contributed by atoms with Gasteiger partial charge in [-0.15, -0.1) is 0 Å². The Labute approximate surface area is 132 Å². The number of halogens is 3. The zero-order valence-electron chi connectivity index (χ0n) is 10.9. The monoisotopic (exact) mass is 369 g/mol. The van der Waals surface area contributed by atoms with Crippen molar-refractivity contribution in [3.05, 3.63) is 26.7 Å². The first-order valence-corrected chi connectivity index (χ1v) is 7.61. The highest BCUT2D eigenvalue weighted by atomic mass is 79.9. The van der Waals surface area contributed by atoms with E-state index in [1.807, 2.05) is 0 Å². The molecular weight excluding hydrogens is 353 g/mol. The summed E-state index contributed by atoms with van der Waals surface area (Å²) in [6.07, 6.45) is -0.586. The van der Waals surface area contributed by atoms with Crippen LogP contribution in [0, 0.1) is 5.92 Å². The second-order valence-electron chi connectivity index (χ2n) is 4.71. The summed E-state index contributed by atoms with van der Waals surface area (Å²) >= 11 is 15.3. The summed E-state index contributed by atoms with van der Waals surface area (Å²) in [6, 6.07) is 3.30. The number of ether oxygens (including phenoxy) is 1. The van der Waals surface area contributed by atoms with Crippen LogP contribution in [0.1, 0.15) is 13.8 Å². The fraction of sp³-hybridized carbons (Fsp3) is 0.538. The molecule has 0 heterocycles. The third-order valence-corrected chi connectivity index (χ3v) is 3.83. The highest BCUT2D eigenvalue weighted by Crippen LogP contribution is 2.34. The largest absolute Gasteiger partial charge is 0.489 e. The van der Waals surface area contributed by atoms with E-state index in [9.17, 15) is 5.11 Å². The third kappa shape index (κ3) is 6.32. The van der Waals surface area contributed by atoms with Gasteiger partial charge < -0.3 is 15.2 Å². The number of nitrogens with one attached hydrogen (secondary N) is 1. The lowest BCUT2D eigenvalue weighted by Gasteiger charge is -2.15. The van der Waals surface area contributed by atoms with Crippen molar-refractivity contribution >= 4 is 39.1 Å². The van der Waals surface area contributed by atoms with E-state index in [2.05, 4.69) is 35.1 Å². The maximum Gasteiger partial charge on any atom is 0.139 e. The van der Waals surface area contributed by atoms with E-state index in [-0.39, 0.29) is 6.61 Å². The Balaban J connectivity index is 2.42. The van der Waals surface area contributed by atoms with Crippen molar-refractivity contribution in [2.75, 3.05) is 19.7 Å². The summed E-state index contributed by atoms with van der Waals surface area (Å²) in [5, 5.41) is 13.9. The second kappa shape index (κ2) is 8.32. The standard InChI is InChI=1S/C13H18BrCl2NO2/c1-8(2)5-17-6-9(18)7-19-13-4-11(15)10(14)3-12(13)16/h3-4,8-9,17-18H,5-7H2,1-2H3. The van der Waals surface area contributed by atoms with Crippen LogP contribution in [-0.4, -0.2) is 30.9 Å². The van der Waals surface area contributed by atoms with Gasteiger partial charge in [-0.1, -0.05) is 37.0 Å². The molecule has 0 saturated heterocycles. The minimum absolute atomic E-state index is 0.169. The van der Waals surface area contributed by atoms with Crippen LogP contribution in [0.2, 0.25) is 10.0 Å². The van der Waals surface area contributed by atoms with Crippen LogP contribution in [0.4, 0.5) is 0 Å². The molecule has 1 aromatic carbocycles. The Hall–Kier alpha value is -0.0000000000000000555. The predicted octanol–water partition coefficient (Wildman–Crippen LogP) is 3.74. The first kappa shape index (κ1) is 17.1. The van der Waals surface area contributed by atoms with Crippen LogP contribution in [0.5, 0.6) is 5.75 Å². The molecule has 0 spiro atoms. The predicted molar refractivity (Wildman–Crippen MR) is 83.4 cm³/mol. The number of rotatable bonds is 7. The first-order chi connectivity index (χ1) is 8.90. The molecule has 0 fully saturated rings. The van der Waals surface area contributed by atoms with Gasteiger partial charge in [-0.2, -0.15) is 0 Å². The SMILES string of the molecule is CC(C)CNCC(O)COc1cc(Cl)c(Br)cc1Cl. The van der Waals surface area contributed by atoms with E-state index in [0.29, 0.717) is 32.7 Å². The minimum Gasteiger partial charge on any atom is -0.489 e. The molecule has 0 bridgehead atoms. The van der Waals surface area contributed by atoms with E-state index < -0.39 is 6.10 Å². The van der Waals surface area contributed by atoms with Gasteiger partial charge in [0.05, 0.1) is 10.0 Å². The van der Waals surface area contributed by atoms with Gasteiger partial charge in [0.15, 0.2) is 0 Å². The van der Waals surface area contributed by atoms with Crippen molar-refractivity contribution in [1.82, 2.24) is 5.32 Å².